The highest BCUT2D eigenvalue weighted by atomic mass is 32.1. The monoisotopic (exact) mass is 534 g/mol. The lowest BCUT2D eigenvalue weighted by Gasteiger charge is -2.23. The molecule has 1 aliphatic rings. The largest absolute Gasteiger partial charge is 0.508 e. The standard InChI is InChI=1S/C28H26N2O7S/c1-4-12-36-20-11-7-9-18(15-20)23(32)21-22(17-8-6-10-19(31)14-17)30(26(34)24(21)33)28-29-16(3)25(38-28)27(35)37-13-5-2/h5-11,14-15,22,31-32H,2,4,12-13H2,1,3H3/b23-21+. The van der Waals surface area contributed by atoms with Gasteiger partial charge in [-0.3, -0.25) is 14.5 Å². The number of phenols is 1. The summed E-state index contributed by atoms with van der Waals surface area (Å²) in [5.41, 5.74) is 0.784. The Morgan fingerprint density at radius 3 is 2.68 bits per heavy atom. The molecule has 9 nitrogen and oxygen atoms in total. The molecule has 2 heterocycles. The Morgan fingerprint density at radius 1 is 1.21 bits per heavy atom. The van der Waals surface area contributed by atoms with E-state index in [0.29, 0.717) is 23.6 Å². The van der Waals surface area contributed by atoms with Crippen LogP contribution in [0.5, 0.6) is 11.5 Å². The normalized spacial score (nSPS) is 16.5. The molecular formula is C28H26N2O7S. The van der Waals surface area contributed by atoms with E-state index < -0.39 is 29.5 Å². The maximum absolute atomic E-state index is 13.4. The number of thiazole rings is 1. The second-order valence-electron chi connectivity index (χ2n) is 8.44. The molecule has 2 aromatic carbocycles. The fourth-order valence-corrected chi connectivity index (χ4v) is 5.01. The molecule has 1 aromatic heterocycles. The molecule has 1 fully saturated rings. The Bertz CT molecular complexity index is 1440. The van der Waals surface area contributed by atoms with E-state index in [9.17, 15) is 24.6 Å². The number of benzene rings is 2. The first-order valence-corrected chi connectivity index (χ1v) is 12.7. The third-order valence-electron chi connectivity index (χ3n) is 5.72. The minimum atomic E-state index is -1.12. The van der Waals surface area contributed by atoms with Gasteiger partial charge in [-0.2, -0.15) is 0 Å². The van der Waals surface area contributed by atoms with Gasteiger partial charge in [0.2, 0.25) is 0 Å². The molecule has 0 aliphatic carbocycles. The van der Waals surface area contributed by atoms with Gasteiger partial charge in [-0.25, -0.2) is 9.78 Å². The first-order chi connectivity index (χ1) is 18.3. The maximum atomic E-state index is 13.4. The number of nitrogens with zero attached hydrogens (tertiary/aromatic N) is 2. The number of Topliss-reactive ketones (excluding diaryl/α,β-unsaturated/α-hetero) is 1. The van der Waals surface area contributed by atoms with Gasteiger partial charge in [-0.15, -0.1) is 0 Å². The molecule has 1 amide bonds. The third kappa shape index (κ3) is 5.16. The zero-order valence-corrected chi connectivity index (χ0v) is 21.7. The molecular weight excluding hydrogens is 508 g/mol. The summed E-state index contributed by atoms with van der Waals surface area (Å²) in [7, 11) is 0. The van der Waals surface area contributed by atoms with Crippen molar-refractivity contribution >= 4 is 39.9 Å². The summed E-state index contributed by atoms with van der Waals surface area (Å²) in [6, 6.07) is 11.5. The summed E-state index contributed by atoms with van der Waals surface area (Å²) in [5.74, 6) is -2.50. The second-order valence-corrected chi connectivity index (χ2v) is 9.42. The summed E-state index contributed by atoms with van der Waals surface area (Å²) >= 11 is 0.891. The van der Waals surface area contributed by atoms with Crippen molar-refractivity contribution in [3.05, 3.63) is 88.5 Å². The Balaban J connectivity index is 1.86. The second kappa shape index (κ2) is 11.3. The number of aliphatic hydroxyl groups is 1. The SMILES string of the molecule is C=CCOC(=O)c1sc(N2C(=O)C(=O)/C(=C(/O)c3cccc(OCCC)c3)C2c2cccc(O)c2)nc1C. The van der Waals surface area contributed by atoms with Crippen molar-refractivity contribution in [3.8, 4) is 11.5 Å². The number of rotatable bonds is 9. The lowest BCUT2D eigenvalue weighted by molar-refractivity contribution is -0.132. The number of esters is 1. The zero-order valence-electron chi connectivity index (χ0n) is 20.8. The third-order valence-corrected chi connectivity index (χ3v) is 6.86. The predicted octanol–water partition coefficient (Wildman–Crippen LogP) is 4.92. The van der Waals surface area contributed by atoms with Crippen molar-refractivity contribution in [1.82, 2.24) is 4.98 Å². The topological polar surface area (TPSA) is 126 Å². The molecule has 0 bridgehead atoms. The molecule has 1 saturated heterocycles. The molecule has 196 valence electrons. The molecule has 1 unspecified atom stereocenters. The fraction of sp³-hybridized carbons (Fsp3) is 0.214. The molecule has 4 rings (SSSR count). The summed E-state index contributed by atoms with van der Waals surface area (Å²) in [6.45, 7) is 7.54. The smallest absolute Gasteiger partial charge is 0.350 e. The number of hydrogen-bond acceptors (Lipinski definition) is 9. The molecule has 1 atom stereocenters. The van der Waals surface area contributed by atoms with E-state index in [2.05, 4.69) is 11.6 Å². The molecule has 3 aromatic rings. The van der Waals surface area contributed by atoms with Gasteiger partial charge in [0.25, 0.3) is 5.78 Å². The highest BCUT2D eigenvalue weighted by molar-refractivity contribution is 7.17. The molecule has 10 heteroatoms. The number of hydrogen-bond donors (Lipinski definition) is 2. The summed E-state index contributed by atoms with van der Waals surface area (Å²) < 4.78 is 10.8. The van der Waals surface area contributed by atoms with Crippen LogP contribution in [0.4, 0.5) is 5.13 Å². The van der Waals surface area contributed by atoms with Crippen LogP contribution in [0.15, 0.2) is 66.8 Å². The number of carbonyl (C=O) groups is 3. The number of carbonyl (C=O) groups excluding carboxylic acids is 3. The Labute approximate surface area is 223 Å². The van der Waals surface area contributed by atoms with E-state index >= 15 is 0 Å². The average Bonchev–Trinajstić information content (AvgIpc) is 3.42. The van der Waals surface area contributed by atoms with Gasteiger partial charge < -0.3 is 19.7 Å². The van der Waals surface area contributed by atoms with Gasteiger partial charge in [0.05, 0.1) is 23.9 Å². The minimum Gasteiger partial charge on any atom is -0.508 e. The van der Waals surface area contributed by atoms with Gasteiger partial charge in [0.1, 0.15) is 28.7 Å². The van der Waals surface area contributed by atoms with Crippen molar-refractivity contribution in [1.29, 1.82) is 0 Å². The molecule has 2 N–H and O–H groups in total. The maximum Gasteiger partial charge on any atom is 0.350 e. The number of aromatic hydroxyl groups is 1. The van der Waals surface area contributed by atoms with E-state index in [0.717, 1.165) is 22.7 Å². The van der Waals surface area contributed by atoms with E-state index in [4.69, 9.17) is 9.47 Å². The van der Waals surface area contributed by atoms with Gasteiger partial charge >= 0.3 is 11.9 Å². The van der Waals surface area contributed by atoms with Gasteiger partial charge in [0.15, 0.2) is 5.13 Å². The number of anilines is 1. The fourth-order valence-electron chi connectivity index (χ4n) is 4.02. The lowest BCUT2D eigenvalue weighted by atomic mass is 9.95. The van der Waals surface area contributed by atoms with Crippen LogP contribution in [0.3, 0.4) is 0 Å². The average molecular weight is 535 g/mol. The van der Waals surface area contributed by atoms with Crippen molar-refractivity contribution in [2.75, 3.05) is 18.1 Å². The highest BCUT2D eigenvalue weighted by Gasteiger charge is 2.48. The molecule has 0 radical (unpaired) electrons. The van der Waals surface area contributed by atoms with Crippen molar-refractivity contribution in [2.45, 2.75) is 26.3 Å². The summed E-state index contributed by atoms with van der Waals surface area (Å²) in [4.78, 5) is 44.9. The van der Waals surface area contributed by atoms with Gasteiger partial charge in [-0.05, 0) is 43.2 Å². The number of aromatic nitrogens is 1. The Kier molecular flexibility index (Phi) is 7.92. The van der Waals surface area contributed by atoms with Crippen molar-refractivity contribution in [3.63, 3.8) is 0 Å². The molecule has 38 heavy (non-hydrogen) atoms. The number of amides is 1. The number of ether oxygens (including phenoxy) is 2. The van der Waals surface area contributed by atoms with Crippen LogP contribution in [0, 0.1) is 6.92 Å². The first-order valence-electron chi connectivity index (χ1n) is 11.8. The number of aryl methyl sites for hydroxylation is 1. The Morgan fingerprint density at radius 2 is 1.97 bits per heavy atom. The van der Waals surface area contributed by atoms with Crippen molar-refractivity contribution in [2.24, 2.45) is 0 Å². The zero-order chi connectivity index (χ0) is 27.4. The number of aliphatic hydroxyl groups excluding tert-OH is 1. The van der Waals surface area contributed by atoms with Crippen LogP contribution in [0.25, 0.3) is 5.76 Å². The van der Waals surface area contributed by atoms with Crippen LogP contribution < -0.4 is 9.64 Å². The number of phenolic OH excluding ortho intramolecular Hbond substituents is 1. The van der Waals surface area contributed by atoms with Crippen LogP contribution in [0.1, 0.15) is 45.9 Å². The van der Waals surface area contributed by atoms with E-state index in [-0.39, 0.29) is 33.5 Å². The van der Waals surface area contributed by atoms with E-state index in [1.165, 1.54) is 18.2 Å². The van der Waals surface area contributed by atoms with Crippen LogP contribution in [-0.4, -0.2) is 46.1 Å². The quantitative estimate of drug-likeness (QED) is 0.130. The van der Waals surface area contributed by atoms with Crippen LogP contribution in [0.2, 0.25) is 0 Å². The summed E-state index contributed by atoms with van der Waals surface area (Å²) in [6.07, 6.45) is 2.22. The van der Waals surface area contributed by atoms with Crippen LogP contribution >= 0.6 is 11.3 Å². The molecule has 0 spiro atoms. The van der Waals surface area contributed by atoms with E-state index in [1.807, 2.05) is 6.92 Å². The van der Waals surface area contributed by atoms with Gasteiger partial charge in [-0.1, -0.05) is 55.2 Å². The predicted molar refractivity (Wildman–Crippen MR) is 142 cm³/mol. The van der Waals surface area contributed by atoms with Crippen LogP contribution in [-0.2, 0) is 14.3 Å². The summed E-state index contributed by atoms with van der Waals surface area (Å²) in [5, 5.41) is 21.6. The lowest BCUT2D eigenvalue weighted by Crippen LogP contribution is -2.29. The minimum absolute atomic E-state index is 0.000344. The molecule has 0 saturated carbocycles. The number of ketones is 1. The molecule has 1 aliphatic heterocycles. The Hall–Kier alpha value is -4.44. The first kappa shape index (κ1) is 26.6. The highest BCUT2D eigenvalue weighted by Crippen LogP contribution is 2.44. The van der Waals surface area contributed by atoms with Gasteiger partial charge in [0, 0.05) is 5.56 Å². The van der Waals surface area contributed by atoms with E-state index in [1.54, 1.807) is 43.3 Å². The van der Waals surface area contributed by atoms with Crippen molar-refractivity contribution < 1.29 is 34.1 Å².